The van der Waals surface area contributed by atoms with E-state index in [1.54, 1.807) is 13.0 Å². The number of nitrogens with one attached hydrogen (secondary N) is 1. The first-order chi connectivity index (χ1) is 16.7. The van der Waals surface area contributed by atoms with E-state index < -0.39 is 24.0 Å². The van der Waals surface area contributed by atoms with Crippen molar-refractivity contribution in [3.05, 3.63) is 47.0 Å². The van der Waals surface area contributed by atoms with Gasteiger partial charge >= 0.3 is 12.3 Å². The number of fused-ring (bicyclic) bond motifs is 1. The van der Waals surface area contributed by atoms with Gasteiger partial charge in [-0.1, -0.05) is 19.9 Å². The Labute approximate surface area is 201 Å². The van der Waals surface area contributed by atoms with Crippen LogP contribution in [-0.2, 0) is 24.1 Å². The van der Waals surface area contributed by atoms with Gasteiger partial charge in [0.25, 0.3) is 5.91 Å². The summed E-state index contributed by atoms with van der Waals surface area (Å²) >= 11 is 0. The zero-order valence-corrected chi connectivity index (χ0v) is 19.7. The minimum atomic E-state index is -4.54. The van der Waals surface area contributed by atoms with Gasteiger partial charge in [-0.2, -0.15) is 13.2 Å². The van der Waals surface area contributed by atoms with E-state index in [-0.39, 0.29) is 24.3 Å². The Morgan fingerprint density at radius 1 is 1.29 bits per heavy atom. The maximum atomic E-state index is 13.3. The number of halogens is 3. The summed E-state index contributed by atoms with van der Waals surface area (Å²) in [6.07, 6.45) is -0.984. The van der Waals surface area contributed by atoms with Gasteiger partial charge in [0.2, 0.25) is 0 Å². The molecule has 0 radical (unpaired) electrons. The molecule has 0 aromatic carbocycles. The molecule has 1 fully saturated rings. The van der Waals surface area contributed by atoms with Gasteiger partial charge in [-0.3, -0.25) is 9.78 Å². The fraction of sp³-hybridized carbons (Fsp3) is 0.542. The van der Waals surface area contributed by atoms with Gasteiger partial charge in [0.15, 0.2) is 5.75 Å². The highest BCUT2D eigenvalue weighted by atomic mass is 19.4. The van der Waals surface area contributed by atoms with Crippen molar-refractivity contribution in [3.63, 3.8) is 0 Å². The second-order valence-corrected chi connectivity index (χ2v) is 8.72. The van der Waals surface area contributed by atoms with Crippen LogP contribution in [0.5, 0.6) is 5.75 Å². The smallest absolute Gasteiger partial charge is 0.408 e. The average molecular weight is 495 g/mol. The van der Waals surface area contributed by atoms with Crippen LogP contribution in [0.25, 0.3) is 0 Å². The molecule has 0 unspecified atom stereocenters. The number of carbonyl (C=O) groups excluding carboxylic acids is 2. The van der Waals surface area contributed by atoms with E-state index in [0.29, 0.717) is 43.1 Å². The number of pyridine rings is 1. The Morgan fingerprint density at radius 3 is 2.74 bits per heavy atom. The summed E-state index contributed by atoms with van der Waals surface area (Å²) in [6, 6.07) is 3.35. The maximum absolute atomic E-state index is 13.3. The number of hydrogen-bond donors (Lipinski definition) is 1. The van der Waals surface area contributed by atoms with Crippen LogP contribution in [-0.4, -0.2) is 45.6 Å². The zero-order valence-electron chi connectivity index (χ0n) is 19.7. The van der Waals surface area contributed by atoms with Crippen LogP contribution >= 0.6 is 0 Å². The maximum Gasteiger partial charge on any atom is 0.433 e. The summed E-state index contributed by atoms with van der Waals surface area (Å²) < 4.78 is 51.3. The monoisotopic (exact) mass is 494 g/mol. The summed E-state index contributed by atoms with van der Waals surface area (Å²) in [6.45, 7) is 5.67. The fourth-order valence-electron chi connectivity index (χ4n) is 4.70. The molecular formula is C24H29F3N4O4. The van der Waals surface area contributed by atoms with Gasteiger partial charge in [-0.25, -0.2) is 4.79 Å². The number of amides is 2. The molecule has 0 spiro atoms. The number of carbonyl (C=O) groups is 2. The number of alkyl halides is 3. The van der Waals surface area contributed by atoms with Gasteiger partial charge in [0.1, 0.15) is 11.4 Å². The summed E-state index contributed by atoms with van der Waals surface area (Å²) in [7, 11) is 0. The van der Waals surface area contributed by atoms with E-state index in [4.69, 9.17) is 9.47 Å². The van der Waals surface area contributed by atoms with Gasteiger partial charge in [-0.05, 0) is 37.3 Å². The van der Waals surface area contributed by atoms with Crippen molar-refractivity contribution in [1.29, 1.82) is 0 Å². The molecule has 11 heteroatoms. The lowest BCUT2D eigenvalue weighted by molar-refractivity contribution is -0.141. The lowest BCUT2D eigenvalue weighted by atomic mass is 10.1. The van der Waals surface area contributed by atoms with Crippen LogP contribution in [0.2, 0.25) is 0 Å². The van der Waals surface area contributed by atoms with E-state index >= 15 is 0 Å². The first-order valence-corrected chi connectivity index (χ1v) is 11.9. The minimum absolute atomic E-state index is 0.0879. The summed E-state index contributed by atoms with van der Waals surface area (Å²) in [5, 5.41) is 2.68. The molecule has 0 bridgehead atoms. The summed E-state index contributed by atoms with van der Waals surface area (Å²) in [5.41, 5.74) is 0.492. The predicted molar refractivity (Wildman–Crippen MR) is 120 cm³/mol. The van der Waals surface area contributed by atoms with Crippen LogP contribution < -0.4 is 10.1 Å². The van der Waals surface area contributed by atoms with Crippen LogP contribution in [0.4, 0.5) is 18.0 Å². The number of rotatable bonds is 6. The fourth-order valence-corrected chi connectivity index (χ4v) is 4.70. The molecule has 2 aromatic heterocycles. The Kier molecular flexibility index (Phi) is 7.34. The highest BCUT2D eigenvalue weighted by Gasteiger charge is 2.34. The van der Waals surface area contributed by atoms with E-state index in [1.807, 2.05) is 9.47 Å². The molecule has 2 aliphatic rings. The summed E-state index contributed by atoms with van der Waals surface area (Å²) in [5.74, 6) is 0.146. The van der Waals surface area contributed by atoms with Crippen LogP contribution in [0.15, 0.2) is 24.4 Å². The first-order valence-electron chi connectivity index (χ1n) is 11.9. The minimum Gasteiger partial charge on any atom is -0.408 e. The largest absolute Gasteiger partial charge is 0.433 e. The van der Waals surface area contributed by atoms with E-state index in [2.05, 4.69) is 17.2 Å². The van der Waals surface area contributed by atoms with E-state index in [9.17, 15) is 22.8 Å². The van der Waals surface area contributed by atoms with Gasteiger partial charge in [-0.15, -0.1) is 0 Å². The molecular weight excluding hydrogens is 465 g/mol. The zero-order chi connectivity index (χ0) is 25.2. The van der Waals surface area contributed by atoms with Crippen molar-refractivity contribution in [2.45, 2.75) is 70.9 Å². The molecule has 8 nitrogen and oxygen atoms in total. The molecule has 4 rings (SSSR count). The van der Waals surface area contributed by atoms with Crippen molar-refractivity contribution >= 4 is 12.0 Å². The molecule has 0 saturated carbocycles. The first kappa shape index (κ1) is 25.0. The normalized spacial score (nSPS) is 18.8. The Hall–Kier alpha value is -3.08. The van der Waals surface area contributed by atoms with Crippen molar-refractivity contribution in [3.8, 4) is 5.75 Å². The van der Waals surface area contributed by atoms with Gasteiger partial charge in [0.05, 0.1) is 24.9 Å². The molecule has 0 aliphatic carbocycles. The van der Waals surface area contributed by atoms with Gasteiger partial charge < -0.3 is 24.3 Å². The van der Waals surface area contributed by atoms with Crippen molar-refractivity contribution in [2.75, 3.05) is 13.2 Å². The van der Waals surface area contributed by atoms with Crippen LogP contribution in [0.3, 0.4) is 0 Å². The highest BCUT2D eigenvalue weighted by molar-refractivity contribution is 5.94. The third-order valence-electron chi connectivity index (χ3n) is 6.58. The SMILES string of the molecule is CC[C@H]1CCCN1C(=O)c1cc(OC(=O)N[C@H](CC)c2ccc(C(F)(F)F)nc2)c2n1CCOC2. The molecule has 35 heavy (non-hydrogen) atoms. The number of likely N-dealkylation sites (tertiary alicyclic amines) is 1. The number of aromatic nitrogens is 2. The Balaban J connectivity index is 1.50. The van der Waals surface area contributed by atoms with Gasteiger partial charge in [0, 0.05) is 31.4 Å². The predicted octanol–water partition coefficient (Wildman–Crippen LogP) is 4.69. The van der Waals surface area contributed by atoms with E-state index in [0.717, 1.165) is 31.5 Å². The lowest BCUT2D eigenvalue weighted by Crippen LogP contribution is -2.37. The molecule has 2 amide bonds. The molecule has 2 atom stereocenters. The van der Waals surface area contributed by atoms with Crippen LogP contribution in [0.1, 0.15) is 73.0 Å². The summed E-state index contributed by atoms with van der Waals surface area (Å²) in [4.78, 5) is 31.4. The quantitative estimate of drug-likeness (QED) is 0.630. The molecule has 1 saturated heterocycles. The lowest BCUT2D eigenvalue weighted by Gasteiger charge is -2.25. The molecule has 1 N–H and O–H groups in total. The van der Waals surface area contributed by atoms with E-state index in [1.165, 1.54) is 6.07 Å². The highest BCUT2D eigenvalue weighted by Crippen LogP contribution is 2.31. The van der Waals surface area contributed by atoms with Crippen molar-refractivity contribution in [1.82, 2.24) is 19.8 Å². The Morgan fingerprint density at radius 2 is 2.09 bits per heavy atom. The van der Waals surface area contributed by atoms with Crippen molar-refractivity contribution in [2.24, 2.45) is 0 Å². The third kappa shape index (κ3) is 5.29. The second-order valence-electron chi connectivity index (χ2n) is 8.72. The van der Waals surface area contributed by atoms with Crippen LogP contribution in [0, 0.1) is 0 Å². The Bertz CT molecular complexity index is 1070. The topological polar surface area (TPSA) is 85.7 Å². The molecule has 4 heterocycles. The van der Waals surface area contributed by atoms with Crippen molar-refractivity contribution < 1.29 is 32.2 Å². The number of ether oxygens (including phenoxy) is 2. The molecule has 2 aliphatic heterocycles. The average Bonchev–Trinajstić information content (AvgIpc) is 3.47. The number of nitrogens with zero attached hydrogens (tertiary/aromatic N) is 3. The third-order valence-corrected chi connectivity index (χ3v) is 6.58. The second kappa shape index (κ2) is 10.3. The standard InChI is InChI=1S/C24H29F3N4O4/c1-3-16-6-5-9-30(16)22(32)18-12-20(19-14-34-11-10-31(18)19)35-23(33)29-17(4-2)15-7-8-21(28-13-15)24(25,26)27/h7-8,12-13,16-17H,3-6,9-11,14H2,1-2H3,(H,29,33)/t16-,17+/m0/s1. The molecule has 190 valence electrons. The number of hydrogen-bond acceptors (Lipinski definition) is 5. The molecule has 2 aromatic rings.